The Morgan fingerprint density at radius 2 is 1.69 bits per heavy atom. The fraction of sp³-hybridized carbons (Fsp3) is 0.571. The zero-order valence-corrected chi connectivity index (χ0v) is 18.4. The van der Waals surface area contributed by atoms with Crippen LogP contribution in [0.15, 0.2) is 36.4 Å². The van der Waals surface area contributed by atoms with Crippen molar-refractivity contribution in [1.82, 2.24) is 0 Å². The van der Waals surface area contributed by atoms with E-state index in [-0.39, 0.29) is 5.82 Å². The largest absolute Gasteiger partial charge is 0.207 e. The minimum Gasteiger partial charge on any atom is -0.207 e. The van der Waals surface area contributed by atoms with E-state index >= 15 is 4.39 Å². The molecule has 0 spiro atoms. The van der Waals surface area contributed by atoms with Gasteiger partial charge in [0.25, 0.3) is 0 Å². The lowest BCUT2D eigenvalue weighted by Crippen LogP contribution is -2.16. The number of benzene rings is 2. The average Bonchev–Trinajstić information content (AvgIpc) is 2.77. The smallest absolute Gasteiger partial charge is 0.126 e. The van der Waals surface area contributed by atoms with Gasteiger partial charge in [-0.2, -0.15) is 0 Å². The molecule has 0 bridgehead atoms. The van der Waals surface area contributed by atoms with Crippen LogP contribution in [0.5, 0.6) is 0 Å². The molecule has 0 heterocycles. The second kappa shape index (κ2) is 9.45. The van der Waals surface area contributed by atoms with Crippen LogP contribution in [-0.4, -0.2) is 0 Å². The number of aryl methyl sites for hydroxylation is 2. The molecule has 0 amide bonds. The molecule has 0 radical (unpaired) electrons. The molecule has 1 unspecified atom stereocenters. The summed E-state index contributed by atoms with van der Waals surface area (Å²) in [7, 11) is 0. The Balaban J connectivity index is 1.41. The summed E-state index contributed by atoms with van der Waals surface area (Å²) in [5.74, 6) is 1.84. The van der Waals surface area contributed by atoms with Crippen LogP contribution in [-0.2, 0) is 19.3 Å². The van der Waals surface area contributed by atoms with Crippen LogP contribution in [0.1, 0.15) is 105 Å². The lowest BCUT2D eigenvalue weighted by Gasteiger charge is -2.30. The van der Waals surface area contributed by atoms with Crippen molar-refractivity contribution < 1.29 is 4.39 Å². The van der Waals surface area contributed by atoms with Crippen LogP contribution in [0, 0.1) is 11.7 Å². The van der Waals surface area contributed by atoms with Gasteiger partial charge in [0.15, 0.2) is 0 Å². The molecule has 2 aromatic rings. The maximum atomic E-state index is 15.1. The van der Waals surface area contributed by atoms with E-state index in [2.05, 4.69) is 44.2 Å². The Hall–Kier alpha value is -1.63. The predicted molar refractivity (Wildman–Crippen MR) is 121 cm³/mol. The van der Waals surface area contributed by atoms with E-state index < -0.39 is 0 Å². The van der Waals surface area contributed by atoms with Crippen molar-refractivity contribution in [3.05, 3.63) is 70.0 Å². The molecule has 1 heteroatoms. The van der Waals surface area contributed by atoms with Gasteiger partial charge < -0.3 is 0 Å². The molecule has 1 fully saturated rings. The average molecular weight is 393 g/mol. The molecule has 2 aromatic carbocycles. The summed E-state index contributed by atoms with van der Waals surface area (Å²) >= 11 is 0. The van der Waals surface area contributed by atoms with Crippen molar-refractivity contribution in [3.63, 3.8) is 0 Å². The van der Waals surface area contributed by atoms with Gasteiger partial charge in [-0.25, -0.2) is 4.39 Å². The Labute approximate surface area is 176 Å². The topological polar surface area (TPSA) is 0 Å². The third-order valence-electron chi connectivity index (χ3n) is 7.66. The third kappa shape index (κ3) is 4.76. The summed E-state index contributed by atoms with van der Waals surface area (Å²) in [6.07, 6.45) is 13.4. The van der Waals surface area contributed by atoms with Gasteiger partial charge in [0.1, 0.15) is 5.82 Å². The highest BCUT2D eigenvalue weighted by atomic mass is 19.1. The number of halogens is 1. The number of rotatable bonds is 6. The summed E-state index contributed by atoms with van der Waals surface area (Å²) in [6.45, 7) is 4.49. The van der Waals surface area contributed by atoms with Gasteiger partial charge in [-0.1, -0.05) is 63.4 Å². The molecule has 29 heavy (non-hydrogen) atoms. The molecular weight excluding hydrogens is 355 g/mol. The highest BCUT2D eigenvalue weighted by Gasteiger charge is 2.25. The summed E-state index contributed by atoms with van der Waals surface area (Å²) in [4.78, 5) is 0. The molecule has 0 nitrogen and oxygen atoms in total. The van der Waals surface area contributed by atoms with Gasteiger partial charge in [-0.15, -0.1) is 0 Å². The lowest BCUT2D eigenvalue weighted by atomic mass is 9.76. The highest BCUT2D eigenvalue weighted by Crippen LogP contribution is 2.40. The molecular formula is C28H37F. The first-order chi connectivity index (χ1) is 14.2. The van der Waals surface area contributed by atoms with Crippen molar-refractivity contribution in [2.75, 3.05) is 0 Å². The van der Waals surface area contributed by atoms with Crippen molar-refractivity contribution in [2.24, 2.45) is 5.92 Å². The zero-order valence-electron chi connectivity index (χ0n) is 18.4. The normalized spacial score (nSPS) is 24.3. The summed E-state index contributed by atoms with van der Waals surface area (Å²) in [6, 6.07) is 13.1. The minimum atomic E-state index is 0.0363. The van der Waals surface area contributed by atoms with Crippen LogP contribution in [0.25, 0.3) is 0 Å². The fourth-order valence-corrected chi connectivity index (χ4v) is 5.70. The molecule has 0 aliphatic heterocycles. The van der Waals surface area contributed by atoms with E-state index in [0.29, 0.717) is 11.8 Å². The van der Waals surface area contributed by atoms with E-state index in [4.69, 9.17) is 0 Å². The Bertz CT molecular complexity index is 813. The van der Waals surface area contributed by atoms with Gasteiger partial charge >= 0.3 is 0 Å². The van der Waals surface area contributed by atoms with Gasteiger partial charge in [-0.05, 0) is 103 Å². The monoisotopic (exact) mass is 392 g/mol. The number of unbranched alkanes of at least 4 members (excludes halogenated alkanes) is 1. The number of hydrogen-bond acceptors (Lipinski definition) is 0. The predicted octanol–water partition coefficient (Wildman–Crippen LogP) is 8.12. The fourth-order valence-electron chi connectivity index (χ4n) is 5.70. The molecule has 156 valence electrons. The molecule has 0 saturated heterocycles. The van der Waals surface area contributed by atoms with Gasteiger partial charge in [0, 0.05) is 0 Å². The molecule has 2 aliphatic carbocycles. The van der Waals surface area contributed by atoms with Gasteiger partial charge in [-0.3, -0.25) is 0 Å². The van der Waals surface area contributed by atoms with E-state index in [1.54, 1.807) is 0 Å². The zero-order chi connectivity index (χ0) is 20.2. The van der Waals surface area contributed by atoms with Crippen LogP contribution in [0.4, 0.5) is 4.39 Å². The standard InChI is InChI=1S/C28H37F/c1-3-5-6-21-8-10-22(11-9-21)25-15-16-27(28(29)19-25)26-14-13-23-17-20(4-2)7-12-24(23)18-26/h7,12,15-17,19,21-22,26H,3-6,8-11,13-14,18H2,1-2H3. The van der Waals surface area contributed by atoms with E-state index in [1.165, 1.54) is 67.2 Å². The van der Waals surface area contributed by atoms with Crippen molar-refractivity contribution >= 4 is 0 Å². The molecule has 2 aliphatic rings. The second-order valence-electron chi connectivity index (χ2n) is 9.54. The highest BCUT2D eigenvalue weighted by molar-refractivity contribution is 5.38. The van der Waals surface area contributed by atoms with Crippen molar-refractivity contribution in [3.8, 4) is 0 Å². The Morgan fingerprint density at radius 3 is 2.41 bits per heavy atom. The first kappa shape index (κ1) is 20.6. The summed E-state index contributed by atoms with van der Waals surface area (Å²) < 4.78 is 15.1. The van der Waals surface area contributed by atoms with Crippen LogP contribution in [0.2, 0.25) is 0 Å². The molecule has 4 rings (SSSR count). The minimum absolute atomic E-state index is 0.0363. The maximum absolute atomic E-state index is 15.1. The summed E-state index contributed by atoms with van der Waals surface area (Å²) in [5, 5.41) is 0. The Kier molecular flexibility index (Phi) is 6.73. The van der Waals surface area contributed by atoms with Crippen LogP contribution >= 0.6 is 0 Å². The van der Waals surface area contributed by atoms with Gasteiger partial charge in [0.05, 0.1) is 0 Å². The van der Waals surface area contributed by atoms with Crippen LogP contribution < -0.4 is 0 Å². The van der Waals surface area contributed by atoms with Crippen molar-refractivity contribution in [2.45, 2.75) is 96.3 Å². The first-order valence-electron chi connectivity index (χ1n) is 12.1. The number of fused-ring (bicyclic) bond motifs is 1. The first-order valence-corrected chi connectivity index (χ1v) is 12.1. The maximum Gasteiger partial charge on any atom is 0.126 e. The van der Waals surface area contributed by atoms with Crippen molar-refractivity contribution in [1.29, 1.82) is 0 Å². The van der Waals surface area contributed by atoms with E-state index in [9.17, 15) is 0 Å². The summed E-state index contributed by atoms with van der Waals surface area (Å²) in [5.41, 5.74) is 6.51. The quantitative estimate of drug-likeness (QED) is 0.465. The second-order valence-corrected chi connectivity index (χ2v) is 9.54. The molecule has 0 aromatic heterocycles. The van der Waals surface area contributed by atoms with E-state index in [1.807, 2.05) is 6.07 Å². The van der Waals surface area contributed by atoms with Crippen LogP contribution in [0.3, 0.4) is 0 Å². The van der Waals surface area contributed by atoms with Gasteiger partial charge in [0.2, 0.25) is 0 Å². The third-order valence-corrected chi connectivity index (χ3v) is 7.66. The SMILES string of the molecule is CCCCC1CCC(c2ccc(C3CCc4cc(CC)ccc4C3)c(F)c2)CC1. The lowest BCUT2D eigenvalue weighted by molar-refractivity contribution is 0.304. The number of hydrogen-bond donors (Lipinski definition) is 0. The molecule has 0 N–H and O–H groups in total. The van der Waals surface area contributed by atoms with E-state index in [0.717, 1.165) is 37.2 Å². The molecule has 1 saturated carbocycles. The molecule has 1 atom stereocenters. The Morgan fingerprint density at radius 1 is 0.862 bits per heavy atom.